The van der Waals surface area contributed by atoms with Crippen LogP contribution in [0.3, 0.4) is 0 Å². The minimum absolute atomic E-state index is 0.0878. The number of nitro groups is 1. The highest BCUT2D eigenvalue weighted by Crippen LogP contribution is 2.20. The number of pyridine rings is 1. The first-order valence-electron chi connectivity index (χ1n) is 8.19. The van der Waals surface area contributed by atoms with Gasteiger partial charge in [-0.1, -0.05) is 12.1 Å². The molecule has 0 fully saturated rings. The SMILES string of the molecule is CSCC[C@H](NC(=O)Nc1cccc([N+](=O)[O-])c1)c1nnc2ccccn12. The molecule has 0 unspecified atom stereocenters. The monoisotopic (exact) mass is 386 g/mol. The normalized spacial score (nSPS) is 11.9. The largest absolute Gasteiger partial charge is 0.328 e. The summed E-state index contributed by atoms with van der Waals surface area (Å²) in [5.74, 6) is 1.46. The summed E-state index contributed by atoms with van der Waals surface area (Å²) in [4.78, 5) is 22.8. The molecule has 0 spiro atoms. The van der Waals surface area contributed by atoms with Gasteiger partial charge in [-0.25, -0.2) is 4.79 Å². The third kappa shape index (κ3) is 4.53. The summed E-state index contributed by atoms with van der Waals surface area (Å²) in [7, 11) is 0. The van der Waals surface area contributed by atoms with Gasteiger partial charge in [-0.15, -0.1) is 10.2 Å². The van der Waals surface area contributed by atoms with Gasteiger partial charge in [-0.05, 0) is 36.6 Å². The average molecular weight is 386 g/mol. The van der Waals surface area contributed by atoms with Crippen molar-refractivity contribution in [2.45, 2.75) is 12.5 Å². The Morgan fingerprint density at radius 1 is 1.30 bits per heavy atom. The van der Waals surface area contributed by atoms with Crippen LogP contribution in [-0.2, 0) is 0 Å². The molecule has 0 saturated carbocycles. The summed E-state index contributed by atoms with van der Waals surface area (Å²) in [5, 5.41) is 24.7. The Bertz CT molecular complexity index is 961. The number of nitrogens with one attached hydrogen (secondary N) is 2. The molecule has 0 aliphatic heterocycles. The lowest BCUT2D eigenvalue weighted by atomic mass is 10.2. The van der Waals surface area contributed by atoms with Crippen molar-refractivity contribution >= 4 is 34.8 Å². The van der Waals surface area contributed by atoms with E-state index in [0.717, 1.165) is 5.75 Å². The van der Waals surface area contributed by atoms with Crippen molar-refractivity contribution in [1.82, 2.24) is 19.9 Å². The Balaban J connectivity index is 1.77. The fourth-order valence-electron chi connectivity index (χ4n) is 2.62. The van der Waals surface area contributed by atoms with Gasteiger partial charge in [0, 0.05) is 24.0 Å². The predicted molar refractivity (Wildman–Crippen MR) is 104 cm³/mol. The molecule has 3 aromatic rings. The molecule has 0 bridgehead atoms. The van der Waals surface area contributed by atoms with Crippen LogP contribution in [0, 0.1) is 10.1 Å². The fourth-order valence-corrected chi connectivity index (χ4v) is 3.09. The van der Waals surface area contributed by atoms with Gasteiger partial charge in [-0.2, -0.15) is 11.8 Å². The lowest BCUT2D eigenvalue weighted by Crippen LogP contribution is -2.34. The van der Waals surface area contributed by atoms with Crippen molar-refractivity contribution in [3.63, 3.8) is 0 Å². The van der Waals surface area contributed by atoms with Crippen LogP contribution in [0.4, 0.5) is 16.2 Å². The van der Waals surface area contributed by atoms with E-state index in [2.05, 4.69) is 20.8 Å². The van der Waals surface area contributed by atoms with E-state index in [-0.39, 0.29) is 11.7 Å². The molecule has 2 aromatic heterocycles. The van der Waals surface area contributed by atoms with Gasteiger partial charge in [0.15, 0.2) is 11.5 Å². The topological polar surface area (TPSA) is 114 Å². The molecule has 140 valence electrons. The molecule has 0 aliphatic rings. The fraction of sp³-hybridized carbons (Fsp3) is 0.235. The van der Waals surface area contributed by atoms with Gasteiger partial charge >= 0.3 is 6.03 Å². The highest BCUT2D eigenvalue weighted by atomic mass is 32.2. The van der Waals surface area contributed by atoms with Gasteiger partial charge in [-0.3, -0.25) is 14.5 Å². The van der Waals surface area contributed by atoms with E-state index in [1.807, 2.05) is 35.1 Å². The van der Waals surface area contributed by atoms with Crippen molar-refractivity contribution in [3.05, 3.63) is 64.6 Å². The van der Waals surface area contributed by atoms with Crippen LogP contribution in [-0.4, -0.2) is 37.6 Å². The summed E-state index contributed by atoms with van der Waals surface area (Å²) in [6, 6.07) is 10.5. The number of thioether (sulfide) groups is 1. The Morgan fingerprint density at radius 2 is 2.15 bits per heavy atom. The minimum atomic E-state index is -0.507. The van der Waals surface area contributed by atoms with Crippen molar-refractivity contribution < 1.29 is 9.72 Å². The summed E-state index contributed by atoms with van der Waals surface area (Å²) in [5.41, 5.74) is 0.953. The Kier molecular flexibility index (Phi) is 5.87. The second kappa shape index (κ2) is 8.49. The first-order chi connectivity index (χ1) is 13.1. The third-order valence-electron chi connectivity index (χ3n) is 3.88. The summed E-state index contributed by atoms with van der Waals surface area (Å²) < 4.78 is 1.83. The quantitative estimate of drug-likeness (QED) is 0.476. The lowest BCUT2D eigenvalue weighted by molar-refractivity contribution is -0.384. The van der Waals surface area contributed by atoms with Crippen LogP contribution in [0.25, 0.3) is 5.65 Å². The van der Waals surface area contributed by atoms with Crippen molar-refractivity contribution in [3.8, 4) is 0 Å². The minimum Gasteiger partial charge on any atom is -0.328 e. The number of hydrogen-bond donors (Lipinski definition) is 2. The number of nitro benzene ring substituents is 1. The van der Waals surface area contributed by atoms with Crippen molar-refractivity contribution in [2.75, 3.05) is 17.3 Å². The van der Waals surface area contributed by atoms with Crippen LogP contribution in [0.2, 0.25) is 0 Å². The Morgan fingerprint density at radius 3 is 2.93 bits per heavy atom. The summed E-state index contributed by atoms with van der Waals surface area (Å²) in [6.07, 6.45) is 4.50. The van der Waals surface area contributed by atoms with Gasteiger partial charge < -0.3 is 10.6 Å². The van der Waals surface area contributed by atoms with E-state index in [1.165, 1.54) is 18.2 Å². The second-order valence-electron chi connectivity index (χ2n) is 5.73. The predicted octanol–water partition coefficient (Wildman–Crippen LogP) is 3.25. The second-order valence-corrected chi connectivity index (χ2v) is 6.71. The summed E-state index contributed by atoms with van der Waals surface area (Å²) >= 11 is 1.66. The first-order valence-corrected chi connectivity index (χ1v) is 9.58. The zero-order valence-electron chi connectivity index (χ0n) is 14.5. The lowest BCUT2D eigenvalue weighted by Gasteiger charge is -2.17. The highest BCUT2D eigenvalue weighted by molar-refractivity contribution is 7.98. The number of carbonyl (C=O) groups is 1. The van der Waals surface area contributed by atoms with Crippen LogP contribution in [0.15, 0.2) is 48.7 Å². The molecule has 3 rings (SSSR count). The van der Waals surface area contributed by atoms with Crippen LogP contribution in [0.5, 0.6) is 0 Å². The number of benzene rings is 1. The molecule has 1 aromatic carbocycles. The van der Waals surface area contributed by atoms with E-state index < -0.39 is 11.0 Å². The number of hydrogen-bond acceptors (Lipinski definition) is 6. The molecule has 2 amide bonds. The maximum Gasteiger partial charge on any atom is 0.319 e. The maximum absolute atomic E-state index is 12.4. The van der Waals surface area contributed by atoms with E-state index in [1.54, 1.807) is 17.8 Å². The number of amides is 2. The van der Waals surface area contributed by atoms with E-state index in [4.69, 9.17) is 0 Å². The molecular formula is C17H18N6O3S. The zero-order chi connectivity index (χ0) is 19.2. The van der Waals surface area contributed by atoms with Gasteiger partial charge in [0.25, 0.3) is 5.69 Å². The number of nitrogens with zero attached hydrogens (tertiary/aromatic N) is 4. The molecule has 9 nitrogen and oxygen atoms in total. The number of fused-ring (bicyclic) bond motifs is 1. The average Bonchev–Trinajstić information content (AvgIpc) is 3.09. The third-order valence-corrected chi connectivity index (χ3v) is 4.53. The van der Waals surface area contributed by atoms with Gasteiger partial charge in [0.2, 0.25) is 0 Å². The highest BCUT2D eigenvalue weighted by Gasteiger charge is 2.20. The van der Waals surface area contributed by atoms with Gasteiger partial charge in [0.05, 0.1) is 11.0 Å². The molecule has 1 atom stereocenters. The number of non-ortho nitro benzene ring substituents is 1. The van der Waals surface area contributed by atoms with Crippen LogP contribution >= 0.6 is 11.8 Å². The molecule has 2 heterocycles. The smallest absolute Gasteiger partial charge is 0.319 e. The Hall–Kier alpha value is -3.14. The number of rotatable bonds is 7. The van der Waals surface area contributed by atoms with E-state index in [9.17, 15) is 14.9 Å². The summed E-state index contributed by atoms with van der Waals surface area (Å²) in [6.45, 7) is 0. The number of aromatic nitrogens is 3. The molecule has 10 heteroatoms. The van der Waals surface area contributed by atoms with E-state index in [0.29, 0.717) is 23.6 Å². The molecule has 0 saturated heterocycles. The number of urea groups is 1. The van der Waals surface area contributed by atoms with Crippen LogP contribution < -0.4 is 10.6 Å². The standard InChI is InChI=1S/C17H18N6O3S/c1-27-10-8-14(16-21-20-15-7-2-3-9-22(15)16)19-17(24)18-12-5-4-6-13(11-12)23(25)26/h2-7,9,11,14H,8,10H2,1H3,(H2,18,19,24)/t14-/m0/s1. The molecular weight excluding hydrogens is 368 g/mol. The van der Waals surface area contributed by atoms with Crippen molar-refractivity contribution in [2.24, 2.45) is 0 Å². The first kappa shape index (κ1) is 18.6. The molecule has 0 radical (unpaired) electrons. The number of carbonyl (C=O) groups excluding carboxylic acids is 1. The van der Waals surface area contributed by atoms with Gasteiger partial charge in [0.1, 0.15) is 0 Å². The van der Waals surface area contributed by atoms with Crippen LogP contribution in [0.1, 0.15) is 18.3 Å². The maximum atomic E-state index is 12.4. The van der Waals surface area contributed by atoms with E-state index >= 15 is 0 Å². The zero-order valence-corrected chi connectivity index (χ0v) is 15.3. The molecule has 0 aliphatic carbocycles. The Labute approximate surface area is 159 Å². The number of anilines is 1. The molecule has 2 N–H and O–H groups in total. The molecule has 27 heavy (non-hydrogen) atoms. The van der Waals surface area contributed by atoms with Crippen molar-refractivity contribution in [1.29, 1.82) is 0 Å².